The molecule has 1 aromatic heterocycles. The van der Waals surface area contributed by atoms with Crippen molar-refractivity contribution < 1.29 is 23.9 Å². The summed E-state index contributed by atoms with van der Waals surface area (Å²) in [7, 11) is 1.51. The molecule has 2 heterocycles. The number of ether oxygens (including phenoxy) is 2. The van der Waals surface area contributed by atoms with E-state index in [2.05, 4.69) is 10.3 Å². The maximum Gasteiger partial charge on any atom is 0.255 e. The molecule has 0 spiro atoms. The van der Waals surface area contributed by atoms with Crippen LogP contribution in [0.1, 0.15) is 29.9 Å². The Hall–Kier alpha value is -2.24. The third-order valence-electron chi connectivity index (χ3n) is 5.25. The number of hydrogen-bond donors (Lipinski definition) is 1. The Kier molecular flexibility index (Phi) is 9.88. The molecule has 1 fully saturated rings. The number of carbonyl (C=O) groups excluding carboxylic acids is 3. The molecule has 1 aliphatic rings. The van der Waals surface area contributed by atoms with Gasteiger partial charge in [-0.3, -0.25) is 14.4 Å². The van der Waals surface area contributed by atoms with Gasteiger partial charge in [0.25, 0.3) is 5.91 Å². The molecule has 1 aromatic carbocycles. The predicted molar refractivity (Wildman–Crippen MR) is 135 cm³/mol. The fourth-order valence-electron chi connectivity index (χ4n) is 3.71. The molecule has 2 aromatic rings. The molecule has 0 bridgehead atoms. The second-order valence-electron chi connectivity index (χ2n) is 8.27. The largest absolute Gasteiger partial charge is 0.383 e. The van der Waals surface area contributed by atoms with Crippen LogP contribution >= 0.6 is 34.5 Å². The number of hydrogen-bond acceptors (Lipinski definition) is 7. The van der Waals surface area contributed by atoms with Gasteiger partial charge < -0.3 is 24.6 Å². The molecule has 1 N–H and O–H groups in total. The lowest BCUT2D eigenvalue weighted by Gasteiger charge is -2.35. The number of anilines is 1. The minimum atomic E-state index is -0.428. The molecule has 2 unspecified atom stereocenters. The molecule has 3 amide bonds. The number of morpholine rings is 1. The molecule has 1 saturated heterocycles. The monoisotopic (exact) mass is 542 g/mol. The molecule has 0 saturated carbocycles. The van der Waals surface area contributed by atoms with Gasteiger partial charge >= 0.3 is 0 Å². The van der Waals surface area contributed by atoms with Crippen LogP contribution in [-0.4, -0.2) is 84.6 Å². The molecule has 0 radical (unpaired) electrons. The normalized spacial score (nSPS) is 17.8. The first-order valence-corrected chi connectivity index (χ1v) is 12.7. The first-order valence-electron chi connectivity index (χ1n) is 11.1. The average Bonchev–Trinajstić information content (AvgIpc) is 3.22. The van der Waals surface area contributed by atoms with Crippen LogP contribution in [0.25, 0.3) is 0 Å². The maximum absolute atomic E-state index is 13.0. The third-order valence-corrected chi connectivity index (χ3v) is 6.61. The quantitative estimate of drug-likeness (QED) is 0.521. The van der Waals surface area contributed by atoms with Crippen LogP contribution in [-0.2, 0) is 25.5 Å². The standard InChI is InChI=1S/C23H28Cl2N4O5S/c1-14-10-29(11-15(2)34-14)21(31)9-17-13-35-23(26-17)27-20(30)12-28(6-7-33-3)22(32)18-5-4-16(24)8-19(18)25/h4-5,8,13-15H,6-7,9-12H2,1-3H3,(H,26,27,30). The van der Waals surface area contributed by atoms with Crippen molar-refractivity contribution >= 4 is 57.4 Å². The van der Waals surface area contributed by atoms with Crippen molar-refractivity contribution in [1.29, 1.82) is 0 Å². The van der Waals surface area contributed by atoms with Crippen LogP contribution < -0.4 is 5.32 Å². The fourth-order valence-corrected chi connectivity index (χ4v) is 4.93. The van der Waals surface area contributed by atoms with Crippen molar-refractivity contribution in [2.24, 2.45) is 0 Å². The summed E-state index contributed by atoms with van der Waals surface area (Å²) < 4.78 is 10.8. The highest BCUT2D eigenvalue weighted by atomic mass is 35.5. The molecule has 190 valence electrons. The van der Waals surface area contributed by atoms with Crippen molar-refractivity contribution in [2.75, 3.05) is 45.2 Å². The Morgan fingerprint density at radius 3 is 2.63 bits per heavy atom. The van der Waals surface area contributed by atoms with Gasteiger partial charge in [-0.2, -0.15) is 0 Å². The van der Waals surface area contributed by atoms with Crippen molar-refractivity contribution in [2.45, 2.75) is 32.5 Å². The lowest BCUT2D eigenvalue weighted by molar-refractivity contribution is -0.142. The smallest absolute Gasteiger partial charge is 0.255 e. The molecule has 1 aliphatic heterocycles. The van der Waals surface area contributed by atoms with Gasteiger partial charge in [-0.15, -0.1) is 11.3 Å². The van der Waals surface area contributed by atoms with E-state index in [1.807, 2.05) is 13.8 Å². The third kappa shape index (κ3) is 7.88. The maximum atomic E-state index is 13.0. The number of halogens is 2. The van der Waals surface area contributed by atoms with E-state index in [1.165, 1.54) is 35.5 Å². The van der Waals surface area contributed by atoms with E-state index in [4.69, 9.17) is 32.7 Å². The highest BCUT2D eigenvalue weighted by Crippen LogP contribution is 2.23. The van der Waals surface area contributed by atoms with E-state index < -0.39 is 11.8 Å². The summed E-state index contributed by atoms with van der Waals surface area (Å²) in [6, 6.07) is 4.55. The first kappa shape index (κ1) is 27.3. The molecule has 3 rings (SSSR count). The average molecular weight is 543 g/mol. The SMILES string of the molecule is COCCN(CC(=O)Nc1nc(CC(=O)N2CC(C)OC(C)C2)cs1)C(=O)c1ccc(Cl)cc1Cl. The zero-order valence-corrected chi connectivity index (χ0v) is 22.1. The Balaban J connectivity index is 1.59. The molecule has 0 aliphatic carbocycles. The van der Waals surface area contributed by atoms with Crippen molar-refractivity contribution in [3.05, 3.63) is 44.9 Å². The summed E-state index contributed by atoms with van der Waals surface area (Å²) in [5, 5.41) is 5.39. The number of nitrogens with one attached hydrogen (secondary N) is 1. The molecule has 35 heavy (non-hydrogen) atoms. The second kappa shape index (κ2) is 12.6. The van der Waals surface area contributed by atoms with Gasteiger partial charge in [0.1, 0.15) is 6.54 Å². The zero-order chi connectivity index (χ0) is 25.5. The van der Waals surface area contributed by atoms with Gasteiger partial charge in [-0.05, 0) is 32.0 Å². The van der Waals surface area contributed by atoms with Crippen molar-refractivity contribution in [3.63, 3.8) is 0 Å². The number of benzene rings is 1. The van der Waals surface area contributed by atoms with Gasteiger partial charge in [0.2, 0.25) is 11.8 Å². The Bertz CT molecular complexity index is 1060. The summed E-state index contributed by atoms with van der Waals surface area (Å²) >= 11 is 13.3. The van der Waals surface area contributed by atoms with Crippen LogP contribution in [0.5, 0.6) is 0 Å². The van der Waals surface area contributed by atoms with Crippen LogP contribution in [0.2, 0.25) is 10.0 Å². The summed E-state index contributed by atoms with van der Waals surface area (Å²) in [6.45, 7) is 5.17. The minimum Gasteiger partial charge on any atom is -0.383 e. The van der Waals surface area contributed by atoms with E-state index in [-0.39, 0.29) is 54.8 Å². The van der Waals surface area contributed by atoms with E-state index >= 15 is 0 Å². The van der Waals surface area contributed by atoms with Crippen LogP contribution in [0.3, 0.4) is 0 Å². The van der Waals surface area contributed by atoms with E-state index in [0.29, 0.717) is 28.9 Å². The summed E-state index contributed by atoms with van der Waals surface area (Å²) in [6.07, 6.45) is 0.110. The molecule has 9 nitrogen and oxygen atoms in total. The minimum absolute atomic E-state index is 0.0144. The summed E-state index contributed by atoms with van der Waals surface area (Å²) in [5.41, 5.74) is 0.809. The molecule has 2 atom stereocenters. The van der Waals surface area contributed by atoms with Crippen LogP contribution in [0, 0.1) is 0 Å². The summed E-state index contributed by atoms with van der Waals surface area (Å²) in [4.78, 5) is 45.8. The molecule has 12 heteroatoms. The number of thiazole rings is 1. The van der Waals surface area contributed by atoms with Gasteiger partial charge in [-0.25, -0.2) is 4.98 Å². The summed E-state index contributed by atoms with van der Waals surface area (Å²) in [5.74, 6) is -0.882. The fraction of sp³-hybridized carbons (Fsp3) is 0.478. The number of nitrogens with zero attached hydrogens (tertiary/aromatic N) is 3. The second-order valence-corrected chi connectivity index (χ2v) is 9.97. The lowest BCUT2D eigenvalue weighted by atomic mass is 10.2. The topological polar surface area (TPSA) is 101 Å². The number of rotatable bonds is 9. The van der Waals surface area contributed by atoms with Gasteiger partial charge in [-0.1, -0.05) is 23.2 Å². The van der Waals surface area contributed by atoms with Gasteiger partial charge in [0.05, 0.1) is 41.5 Å². The van der Waals surface area contributed by atoms with E-state index in [0.717, 1.165) is 0 Å². The van der Waals surface area contributed by atoms with Crippen LogP contribution in [0.15, 0.2) is 23.6 Å². The van der Waals surface area contributed by atoms with Crippen LogP contribution in [0.4, 0.5) is 5.13 Å². The predicted octanol–water partition coefficient (Wildman–Crippen LogP) is 3.36. The number of methoxy groups -OCH3 is 1. The first-order chi connectivity index (χ1) is 16.7. The number of carbonyl (C=O) groups is 3. The van der Waals surface area contributed by atoms with E-state index in [9.17, 15) is 14.4 Å². The van der Waals surface area contributed by atoms with Gasteiger partial charge in [0, 0.05) is 37.1 Å². The highest BCUT2D eigenvalue weighted by molar-refractivity contribution is 7.13. The molecular formula is C23H28Cl2N4O5S. The number of aromatic nitrogens is 1. The van der Waals surface area contributed by atoms with E-state index in [1.54, 1.807) is 16.3 Å². The Labute approximate surface area is 218 Å². The molecular weight excluding hydrogens is 515 g/mol. The zero-order valence-electron chi connectivity index (χ0n) is 19.8. The Morgan fingerprint density at radius 1 is 1.26 bits per heavy atom. The van der Waals surface area contributed by atoms with Crippen molar-refractivity contribution in [3.8, 4) is 0 Å². The van der Waals surface area contributed by atoms with Crippen molar-refractivity contribution in [1.82, 2.24) is 14.8 Å². The number of amides is 3. The van der Waals surface area contributed by atoms with Gasteiger partial charge in [0.15, 0.2) is 5.13 Å². The highest BCUT2D eigenvalue weighted by Gasteiger charge is 2.26. The lowest BCUT2D eigenvalue weighted by Crippen LogP contribution is -2.48. The Morgan fingerprint density at radius 2 is 1.97 bits per heavy atom.